The molecule has 2 fully saturated rings. The van der Waals surface area contributed by atoms with Gasteiger partial charge in [-0.2, -0.15) is 0 Å². The highest BCUT2D eigenvalue weighted by Crippen LogP contribution is 2.40. The number of likely N-dealkylation sites (tertiary alicyclic amines) is 1. The molecule has 1 heterocycles. The third kappa shape index (κ3) is 4.85. The number of hydrogen-bond acceptors (Lipinski definition) is 4. The number of aliphatic hydroxyl groups excluding tert-OH is 1. The average molecular weight is 359 g/mol. The van der Waals surface area contributed by atoms with E-state index in [1.165, 1.54) is 23.3 Å². The normalized spacial score (nSPS) is 23.6. The maximum Gasteiger partial charge on any atom is 0.410 e. The number of ketones is 1. The van der Waals surface area contributed by atoms with Crippen LogP contribution in [-0.2, 0) is 4.74 Å². The van der Waals surface area contributed by atoms with Crippen LogP contribution in [0.25, 0.3) is 0 Å². The van der Waals surface area contributed by atoms with Crippen LogP contribution in [0.15, 0.2) is 24.3 Å². The van der Waals surface area contributed by atoms with E-state index in [1.54, 1.807) is 0 Å². The Kier molecular flexibility index (Phi) is 5.37. The molecule has 1 aromatic rings. The zero-order chi connectivity index (χ0) is 18.9. The first-order chi connectivity index (χ1) is 12.2. The lowest BCUT2D eigenvalue weighted by Gasteiger charge is -2.36. The number of aliphatic hydroxyl groups is 1. The summed E-state index contributed by atoms with van der Waals surface area (Å²) >= 11 is 0. The maximum atomic E-state index is 12.5. The van der Waals surface area contributed by atoms with E-state index in [4.69, 9.17) is 4.74 Å². The van der Waals surface area contributed by atoms with Gasteiger partial charge in [0.1, 0.15) is 5.60 Å². The van der Waals surface area contributed by atoms with Gasteiger partial charge in [-0.05, 0) is 57.4 Å². The predicted octanol–water partition coefficient (Wildman–Crippen LogP) is 3.75. The van der Waals surface area contributed by atoms with E-state index in [2.05, 4.69) is 0 Å². The largest absolute Gasteiger partial charge is 0.444 e. The van der Waals surface area contributed by atoms with E-state index >= 15 is 0 Å². The van der Waals surface area contributed by atoms with Crippen LogP contribution in [0.3, 0.4) is 0 Å². The van der Waals surface area contributed by atoms with Gasteiger partial charge in [-0.3, -0.25) is 4.79 Å². The molecule has 1 N–H and O–H groups in total. The smallest absolute Gasteiger partial charge is 0.410 e. The van der Waals surface area contributed by atoms with Gasteiger partial charge in [0.15, 0.2) is 5.78 Å². The minimum atomic E-state index is -0.703. The molecule has 5 heteroatoms. The van der Waals surface area contributed by atoms with Gasteiger partial charge >= 0.3 is 6.09 Å². The summed E-state index contributed by atoms with van der Waals surface area (Å²) in [5.74, 6) is 0.615. The number of carbonyl (C=O) groups excluding carboxylic acids is 2. The lowest BCUT2D eigenvalue weighted by molar-refractivity contribution is -0.0129. The van der Waals surface area contributed by atoms with Gasteiger partial charge in [-0.15, -0.1) is 0 Å². The molecule has 26 heavy (non-hydrogen) atoms. The summed E-state index contributed by atoms with van der Waals surface area (Å²) in [5, 5.41) is 10.4. The van der Waals surface area contributed by atoms with E-state index in [9.17, 15) is 14.7 Å². The molecule has 1 saturated heterocycles. The summed E-state index contributed by atoms with van der Waals surface area (Å²) in [6.45, 7) is 6.18. The minimum absolute atomic E-state index is 0.0575. The van der Waals surface area contributed by atoms with Gasteiger partial charge in [-0.1, -0.05) is 24.3 Å². The van der Waals surface area contributed by atoms with Crippen molar-refractivity contribution in [2.75, 3.05) is 13.1 Å². The Morgan fingerprint density at radius 2 is 1.81 bits per heavy atom. The van der Waals surface area contributed by atoms with Gasteiger partial charge in [0, 0.05) is 18.5 Å². The number of amides is 1. The van der Waals surface area contributed by atoms with Crippen molar-refractivity contribution in [1.82, 2.24) is 4.90 Å². The number of rotatable bonds is 4. The lowest BCUT2D eigenvalue weighted by Crippen LogP contribution is -2.48. The number of hydrogen-bond donors (Lipinski definition) is 1. The molecule has 1 aliphatic carbocycles. The van der Waals surface area contributed by atoms with Gasteiger partial charge < -0.3 is 14.7 Å². The van der Waals surface area contributed by atoms with E-state index in [0.29, 0.717) is 30.9 Å². The number of benzene rings is 1. The number of Topliss-reactive ketones (excluding diaryl/α,β-unsaturated/α-hetero) is 1. The maximum absolute atomic E-state index is 12.5. The van der Waals surface area contributed by atoms with Crippen molar-refractivity contribution < 1.29 is 19.4 Å². The first-order valence-electron chi connectivity index (χ1n) is 9.52. The SMILES string of the molecule is CC(C)(C)OC(=O)N1CCC(CC(=O)c2ccc(C3CC3)cc2)C(O)C1. The van der Waals surface area contributed by atoms with Crippen LogP contribution in [0.4, 0.5) is 4.79 Å². The first-order valence-corrected chi connectivity index (χ1v) is 9.52. The lowest BCUT2D eigenvalue weighted by atomic mass is 9.87. The van der Waals surface area contributed by atoms with Crippen molar-refractivity contribution in [3.8, 4) is 0 Å². The molecular weight excluding hydrogens is 330 g/mol. The van der Waals surface area contributed by atoms with Crippen molar-refractivity contribution in [2.45, 2.75) is 64.1 Å². The zero-order valence-electron chi connectivity index (χ0n) is 15.9. The summed E-state index contributed by atoms with van der Waals surface area (Å²) in [4.78, 5) is 26.2. The fourth-order valence-electron chi connectivity index (χ4n) is 3.42. The molecule has 1 amide bonds. The highest BCUT2D eigenvalue weighted by molar-refractivity contribution is 5.96. The summed E-state index contributed by atoms with van der Waals surface area (Å²) in [6.07, 6.45) is 2.30. The molecule has 1 aromatic carbocycles. The Labute approximate surface area is 155 Å². The van der Waals surface area contributed by atoms with Crippen LogP contribution in [0, 0.1) is 5.92 Å². The molecule has 0 aromatic heterocycles. The third-order valence-corrected chi connectivity index (χ3v) is 5.10. The summed E-state index contributed by atoms with van der Waals surface area (Å²) in [5.41, 5.74) is 1.46. The van der Waals surface area contributed by atoms with Gasteiger partial charge in [0.2, 0.25) is 0 Å². The number of nitrogens with zero attached hydrogens (tertiary/aromatic N) is 1. The molecule has 2 unspecified atom stereocenters. The molecular formula is C21H29NO4. The molecule has 3 rings (SSSR count). The molecule has 5 nitrogen and oxygen atoms in total. The first kappa shape index (κ1) is 18.9. The highest BCUT2D eigenvalue weighted by atomic mass is 16.6. The highest BCUT2D eigenvalue weighted by Gasteiger charge is 2.33. The Hall–Kier alpha value is -1.88. The second-order valence-corrected chi connectivity index (χ2v) is 8.57. The summed E-state index contributed by atoms with van der Waals surface area (Å²) < 4.78 is 5.36. The fourth-order valence-corrected chi connectivity index (χ4v) is 3.42. The summed E-state index contributed by atoms with van der Waals surface area (Å²) in [7, 11) is 0. The van der Waals surface area contributed by atoms with Crippen molar-refractivity contribution >= 4 is 11.9 Å². The van der Waals surface area contributed by atoms with Crippen molar-refractivity contribution in [2.24, 2.45) is 5.92 Å². The third-order valence-electron chi connectivity index (χ3n) is 5.10. The van der Waals surface area contributed by atoms with Gasteiger partial charge in [-0.25, -0.2) is 4.79 Å². The molecule has 1 aliphatic heterocycles. The van der Waals surface area contributed by atoms with Crippen LogP contribution in [0.2, 0.25) is 0 Å². The van der Waals surface area contributed by atoms with Gasteiger partial charge in [0.05, 0.1) is 12.6 Å². The number of β-amino-alcohol motifs (C(OH)–C–C–N with tert-alkyl or cyclic N) is 1. The van der Waals surface area contributed by atoms with Crippen LogP contribution in [-0.4, -0.2) is 46.7 Å². The molecule has 0 bridgehead atoms. The Bertz CT molecular complexity index is 658. The van der Waals surface area contributed by atoms with Crippen LogP contribution >= 0.6 is 0 Å². The van der Waals surface area contributed by atoms with Gasteiger partial charge in [0.25, 0.3) is 0 Å². The Balaban J connectivity index is 1.52. The minimum Gasteiger partial charge on any atom is -0.444 e. The standard InChI is InChI=1S/C21H29NO4/c1-21(2,3)26-20(25)22-11-10-17(19(24)13-22)12-18(23)16-8-6-15(7-9-16)14-4-5-14/h6-9,14,17,19,24H,4-5,10-13H2,1-3H3. The molecule has 1 saturated carbocycles. The molecule has 0 radical (unpaired) electrons. The van der Waals surface area contributed by atoms with E-state index in [0.717, 1.165) is 0 Å². The Morgan fingerprint density at radius 1 is 1.15 bits per heavy atom. The van der Waals surface area contributed by atoms with Crippen LogP contribution in [0.1, 0.15) is 68.3 Å². The topological polar surface area (TPSA) is 66.8 Å². The predicted molar refractivity (Wildman–Crippen MR) is 99.3 cm³/mol. The summed E-state index contributed by atoms with van der Waals surface area (Å²) in [6, 6.07) is 7.90. The fraction of sp³-hybridized carbons (Fsp3) is 0.619. The van der Waals surface area contributed by atoms with Crippen molar-refractivity contribution in [1.29, 1.82) is 0 Å². The van der Waals surface area contributed by atoms with E-state index in [-0.39, 0.29) is 18.2 Å². The number of piperidine rings is 1. The second-order valence-electron chi connectivity index (χ2n) is 8.57. The van der Waals surface area contributed by atoms with Crippen LogP contribution < -0.4 is 0 Å². The monoisotopic (exact) mass is 359 g/mol. The second kappa shape index (κ2) is 7.39. The quantitative estimate of drug-likeness (QED) is 0.832. The van der Waals surface area contributed by atoms with Crippen molar-refractivity contribution in [3.63, 3.8) is 0 Å². The zero-order valence-corrected chi connectivity index (χ0v) is 15.9. The Morgan fingerprint density at radius 3 is 2.35 bits per heavy atom. The molecule has 0 spiro atoms. The molecule has 2 atom stereocenters. The average Bonchev–Trinajstić information content (AvgIpc) is 3.40. The molecule has 2 aliphatic rings. The van der Waals surface area contributed by atoms with Crippen LogP contribution in [0.5, 0.6) is 0 Å². The van der Waals surface area contributed by atoms with E-state index in [1.807, 2.05) is 45.0 Å². The number of carbonyl (C=O) groups is 2. The number of ether oxygens (including phenoxy) is 1. The molecule has 142 valence electrons. The van der Waals surface area contributed by atoms with E-state index < -0.39 is 17.8 Å². The van der Waals surface area contributed by atoms with Crippen molar-refractivity contribution in [3.05, 3.63) is 35.4 Å².